The van der Waals surface area contributed by atoms with Crippen LogP contribution in [0.2, 0.25) is 0 Å². The lowest BCUT2D eigenvalue weighted by Gasteiger charge is -2.49. The zero-order valence-electron chi connectivity index (χ0n) is 16.0. The molecule has 0 aromatic carbocycles. The number of hydrogen-bond acceptors (Lipinski definition) is 8. The van der Waals surface area contributed by atoms with E-state index in [1.807, 2.05) is 23.6 Å². The maximum Gasteiger partial charge on any atom is 0.208 e. The third kappa shape index (κ3) is 3.38. The zero-order chi connectivity index (χ0) is 19.1. The van der Waals surface area contributed by atoms with E-state index in [1.54, 1.807) is 17.7 Å². The summed E-state index contributed by atoms with van der Waals surface area (Å²) in [7, 11) is 0. The fraction of sp³-hybridized carbons (Fsp3) is 0.579. The molecule has 2 aliphatic rings. The van der Waals surface area contributed by atoms with Gasteiger partial charge in [-0.05, 0) is 43.7 Å². The minimum Gasteiger partial charge on any atom is -0.392 e. The second-order valence-electron chi connectivity index (χ2n) is 8.17. The van der Waals surface area contributed by atoms with Crippen LogP contribution in [0.15, 0.2) is 24.5 Å². The number of aryl methyl sites for hydroxylation is 1. The molecule has 2 aliphatic heterocycles. The molecule has 9 heteroatoms. The Bertz CT molecular complexity index is 962. The van der Waals surface area contributed by atoms with E-state index in [0.29, 0.717) is 6.54 Å². The van der Waals surface area contributed by atoms with Gasteiger partial charge in [0.2, 0.25) is 5.13 Å². The zero-order valence-corrected chi connectivity index (χ0v) is 16.8. The first-order valence-corrected chi connectivity index (χ1v) is 10.7. The molecule has 5 heterocycles. The fourth-order valence-electron chi connectivity index (χ4n) is 4.78. The molecular weight excluding hydrogens is 374 g/mol. The van der Waals surface area contributed by atoms with Crippen LogP contribution in [0, 0.1) is 12.3 Å². The summed E-state index contributed by atoms with van der Waals surface area (Å²) in [5.74, 6) is 0. The Labute approximate surface area is 167 Å². The topological polar surface area (TPSA) is 82.7 Å². The quantitative estimate of drug-likeness (QED) is 0.718. The van der Waals surface area contributed by atoms with Crippen molar-refractivity contribution in [3.63, 3.8) is 0 Å². The third-order valence-corrected chi connectivity index (χ3v) is 6.97. The number of β-amino-alcohol motifs (C(OH)–C–C–N with tert-alkyl or cyclic N) is 1. The summed E-state index contributed by atoms with van der Waals surface area (Å²) in [5.41, 5.74) is 2.15. The number of likely N-dealkylation sites (tertiary alicyclic amines) is 1. The summed E-state index contributed by atoms with van der Waals surface area (Å²) < 4.78 is 1.90. The Balaban J connectivity index is 1.30. The first kappa shape index (κ1) is 18.0. The van der Waals surface area contributed by atoms with Crippen LogP contribution >= 0.6 is 11.3 Å². The standard InChI is InChI=1S/C19H25N7OS/c1-14-22-23-18(28-14)25-7-5-19(6-8-25)9-16(27)11-24(12-19)10-15-3-2-4-17-20-13-21-26(15)17/h2-4,13,16,27H,5-12H2,1H3. The van der Waals surface area contributed by atoms with Crippen LogP contribution < -0.4 is 4.90 Å². The van der Waals surface area contributed by atoms with Crippen LogP contribution in [0.25, 0.3) is 5.65 Å². The number of aromatic nitrogens is 5. The summed E-state index contributed by atoms with van der Waals surface area (Å²) in [5, 5.41) is 25.5. The van der Waals surface area contributed by atoms with E-state index in [9.17, 15) is 5.11 Å². The number of aliphatic hydroxyl groups excluding tert-OH is 1. The van der Waals surface area contributed by atoms with Crippen molar-refractivity contribution in [2.45, 2.75) is 38.8 Å². The molecule has 1 spiro atoms. The lowest BCUT2D eigenvalue weighted by atomic mass is 9.71. The van der Waals surface area contributed by atoms with Gasteiger partial charge in [0.05, 0.1) is 11.8 Å². The van der Waals surface area contributed by atoms with Crippen molar-refractivity contribution in [3.8, 4) is 0 Å². The van der Waals surface area contributed by atoms with Crippen LogP contribution in [0.5, 0.6) is 0 Å². The number of anilines is 1. The highest BCUT2D eigenvalue weighted by Crippen LogP contribution is 2.41. The molecule has 28 heavy (non-hydrogen) atoms. The molecular formula is C19H25N7OS. The summed E-state index contributed by atoms with van der Waals surface area (Å²) in [6.07, 6.45) is 4.36. The Morgan fingerprint density at radius 1 is 1.25 bits per heavy atom. The van der Waals surface area contributed by atoms with Crippen LogP contribution in [-0.4, -0.2) is 67.1 Å². The molecule has 0 aliphatic carbocycles. The van der Waals surface area contributed by atoms with Gasteiger partial charge in [-0.2, -0.15) is 5.10 Å². The second-order valence-corrected chi connectivity index (χ2v) is 9.33. The molecule has 3 aromatic rings. The summed E-state index contributed by atoms with van der Waals surface area (Å²) in [4.78, 5) is 9.01. The van der Waals surface area contributed by atoms with Crippen molar-refractivity contribution in [1.82, 2.24) is 29.7 Å². The van der Waals surface area contributed by atoms with Crippen LogP contribution in [0.3, 0.4) is 0 Å². The fourth-order valence-corrected chi connectivity index (χ4v) is 5.52. The number of piperidine rings is 2. The van der Waals surface area contributed by atoms with E-state index in [2.05, 4.69) is 36.1 Å². The van der Waals surface area contributed by atoms with Crippen LogP contribution in [0.4, 0.5) is 5.13 Å². The highest BCUT2D eigenvalue weighted by atomic mass is 32.1. The molecule has 2 fully saturated rings. The number of nitrogens with zero attached hydrogens (tertiary/aromatic N) is 7. The van der Waals surface area contributed by atoms with Crippen molar-refractivity contribution < 1.29 is 5.11 Å². The van der Waals surface area contributed by atoms with Gasteiger partial charge < -0.3 is 10.0 Å². The molecule has 1 atom stereocenters. The average molecular weight is 400 g/mol. The molecule has 0 bridgehead atoms. The summed E-state index contributed by atoms with van der Waals surface area (Å²) in [6.45, 7) is 6.46. The van der Waals surface area contributed by atoms with Crippen molar-refractivity contribution >= 4 is 22.1 Å². The van der Waals surface area contributed by atoms with E-state index < -0.39 is 0 Å². The minimum absolute atomic E-state index is 0.171. The van der Waals surface area contributed by atoms with Crippen molar-refractivity contribution in [1.29, 1.82) is 0 Å². The number of aliphatic hydroxyl groups is 1. The smallest absolute Gasteiger partial charge is 0.208 e. The first-order chi connectivity index (χ1) is 13.6. The van der Waals surface area contributed by atoms with Gasteiger partial charge in [-0.15, -0.1) is 10.2 Å². The van der Waals surface area contributed by atoms with Gasteiger partial charge in [0, 0.05) is 32.7 Å². The van der Waals surface area contributed by atoms with Gasteiger partial charge in [0.15, 0.2) is 5.65 Å². The maximum atomic E-state index is 10.6. The van der Waals surface area contributed by atoms with Crippen LogP contribution in [-0.2, 0) is 6.54 Å². The minimum atomic E-state index is -0.279. The van der Waals surface area contributed by atoms with Gasteiger partial charge in [-0.1, -0.05) is 17.4 Å². The second kappa shape index (κ2) is 7.06. The summed E-state index contributed by atoms with van der Waals surface area (Å²) >= 11 is 1.66. The van der Waals surface area contributed by atoms with E-state index in [-0.39, 0.29) is 11.5 Å². The predicted molar refractivity (Wildman–Crippen MR) is 107 cm³/mol. The lowest BCUT2D eigenvalue weighted by molar-refractivity contribution is -0.0257. The Kier molecular flexibility index (Phi) is 4.53. The van der Waals surface area contributed by atoms with Gasteiger partial charge >= 0.3 is 0 Å². The normalized spacial score (nSPS) is 22.9. The Hall–Kier alpha value is -2.10. The molecule has 8 nitrogen and oxygen atoms in total. The van der Waals surface area contributed by atoms with Gasteiger partial charge in [0.25, 0.3) is 0 Å². The molecule has 0 saturated carbocycles. The van der Waals surface area contributed by atoms with E-state index in [0.717, 1.165) is 66.9 Å². The van der Waals surface area contributed by atoms with Crippen molar-refractivity contribution in [3.05, 3.63) is 35.2 Å². The Morgan fingerprint density at radius 2 is 2.11 bits per heavy atom. The van der Waals surface area contributed by atoms with Gasteiger partial charge in [-0.25, -0.2) is 9.50 Å². The Morgan fingerprint density at radius 3 is 2.89 bits per heavy atom. The molecule has 0 amide bonds. The summed E-state index contributed by atoms with van der Waals surface area (Å²) in [6, 6.07) is 6.09. The first-order valence-electron chi connectivity index (χ1n) is 9.83. The third-order valence-electron chi connectivity index (χ3n) is 6.07. The molecule has 1 unspecified atom stereocenters. The lowest BCUT2D eigenvalue weighted by Crippen LogP contribution is -2.53. The van der Waals surface area contributed by atoms with E-state index >= 15 is 0 Å². The highest BCUT2D eigenvalue weighted by Gasteiger charge is 2.42. The molecule has 5 rings (SSSR count). The van der Waals surface area contributed by atoms with E-state index in [1.165, 1.54) is 0 Å². The number of pyridine rings is 1. The molecule has 3 aromatic heterocycles. The highest BCUT2D eigenvalue weighted by molar-refractivity contribution is 7.15. The predicted octanol–water partition coefficient (Wildman–Crippen LogP) is 1.74. The SMILES string of the molecule is Cc1nnc(N2CCC3(CC2)CC(O)CN(Cc2cccc4ncnn24)C3)s1. The molecule has 1 N–H and O–H groups in total. The number of fused-ring (bicyclic) bond motifs is 1. The van der Waals surface area contributed by atoms with Crippen LogP contribution in [0.1, 0.15) is 30.0 Å². The average Bonchev–Trinajstić information content (AvgIpc) is 3.31. The van der Waals surface area contributed by atoms with Crippen molar-refractivity contribution in [2.75, 3.05) is 31.1 Å². The van der Waals surface area contributed by atoms with Gasteiger partial charge in [-0.3, -0.25) is 4.90 Å². The largest absolute Gasteiger partial charge is 0.392 e. The van der Waals surface area contributed by atoms with Crippen molar-refractivity contribution in [2.24, 2.45) is 5.41 Å². The molecule has 148 valence electrons. The van der Waals surface area contributed by atoms with E-state index in [4.69, 9.17) is 0 Å². The number of rotatable bonds is 3. The molecule has 2 saturated heterocycles. The monoisotopic (exact) mass is 399 g/mol. The van der Waals surface area contributed by atoms with Gasteiger partial charge in [0.1, 0.15) is 11.3 Å². The number of hydrogen-bond donors (Lipinski definition) is 1. The molecule has 0 radical (unpaired) electrons. The maximum absolute atomic E-state index is 10.6.